The molecular weight excluding hydrogens is 572 g/mol. The van der Waals surface area contributed by atoms with Crippen molar-refractivity contribution in [2.75, 3.05) is 31.4 Å². The first-order chi connectivity index (χ1) is 20.4. The number of nitrogens with zero attached hydrogens (tertiary/aromatic N) is 3. The number of halogens is 1. The minimum Gasteiger partial charge on any atom is -0.497 e. The fraction of sp³-hybridized carbons (Fsp3) is 0.281. The number of hydrogen-bond donors (Lipinski definition) is 1. The monoisotopic (exact) mass is 604 g/mol. The molecule has 8 nitrogen and oxygen atoms in total. The molecule has 1 aromatic heterocycles. The van der Waals surface area contributed by atoms with Crippen molar-refractivity contribution in [1.29, 1.82) is 0 Å². The van der Waals surface area contributed by atoms with Gasteiger partial charge in [0.05, 0.1) is 41.6 Å². The Balaban J connectivity index is 1.83. The summed E-state index contributed by atoms with van der Waals surface area (Å²) in [5, 5.41) is 8.18. The Hall–Kier alpha value is -3.95. The normalized spacial score (nSPS) is 15.5. The molecule has 0 spiro atoms. The van der Waals surface area contributed by atoms with E-state index in [2.05, 4.69) is 5.32 Å². The first-order valence-electron chi connectivity index (χ1n) is 13.7. The van der Waals surface area contributed by atoms with Crippen LogP contribution in [0.25, 0.3) is 16.9 Å². The molecular formula is C32H33ClN4O4S. The van der Waals surface area contributed by atoms with Crippen LogP contribution in [0.1, 0.15) is 36.6 Å². The van der Waals surface area contributed by atoms with E-state index in [0.29, 0.717) is 33.7 Å². The minimum atomic E-state index is -0.386. The average molecular weight is 605 g/mol. The maximum Gasteiger partial charge on any atom is 0.240 e. The Bertz CT molecular complexity index is 1590. The Morgan fingerprint density at radius 1 is 1.10 bits per heavy atom. The van der Waals surface area contributed by atoms with Crippen LogP contribution in [0.3, 0.4) is 0 Å². The molecule has 0 fully saturated rings. The number of fused-ring (bicyclic) bond motifs is 1. The zero-order valence-corrected chi connectivity index (χ0v) is 25.5. The van der Waals surface area contributed by atoms with E-state index >= 15 is 0 Å². The second-order valence-corrected chi connectivity index (χ2v) is 11.5. The van der Waals surface area contributed by atoms with E-state index < -0.39 is 0 Å². The van der Waals surface area contributed by atoms with Crippen molar-refractivity contribution in [3.63, 3.8) is 0 Å². The van der Waals surface area contributed by atoms with Crippen LogP contribution in [0, 0.1) is 0 Å². The second-order valence-electron chi connectivity index (χ2n) is 9.97. The molecule has 0 bridgehead atoms. The van der Waals surface area contributed by atoms with Gasteiger partial charge in [-0.3, -0.25) is 14.5 Å². The number of methoxy groups -OCH3 is 2. The molecule has 1 aliphatic heterocycles. The summed E-state index contributed by atoms with van der Waals surface area (Å²) in [6, 6.07) is 22.7. The van der Waals surface area contributed by atoms with E-state index in [1.54, 1.807) is 25.0 Å². The largest absolute Gasteiger partial charge is 0.497 e. The number of thioether (sulfide) groups is 1. The summed E-state index contributed by atoms with van der Waals surface area (Å²) in [6.07, 6.45) is 0.772. The molecule has 5 rings (SSSR count). The van der Waals surface area contributed by atoms with Crippen molar-refractivity contribution >= 4 is 41.0 Å². The zero-order valence-electron chi connectivity index (χ0n) is 24.0. The van der Waals surface area contributed by atoms with Gasteiger partial charge < -0.3 is 14.8 Å². The van der Waals surface area contributed by atoms with Crippen molar-refractivity contribution in [2.24, 2.45) is 0 Å². The van der Waals surface area contributed by atoms with Crippen LogP contribution in [0.5, 0.6) is 11.5 Å². The number of ether oxygens (including phenoxy) is 2. The molecule has 3 aromatic carbocycles. The highest BCUT2D eigenvalue weighted by atomic mass is 35.5. The number of aromatic nitrogens is 2. The standard InChI is InChI=1S/C32H33ClN4O4S/c1-5-20(2)34-27(38)18-36-28(39)19-42-31(23-17-22(40-3)15-16-26(23)41-4)29-30(21-11-7-6-8-12-21)35-37(32(29)36)25-14-10-9-13-24(25)33/h6-17,20,31H,5,18-19H2,1-4H3,(H,34,38)/t20-,31+/m0/s1. The van der Waals surface area contributed by atoms with E-state index in [-0.39, 0.29) is 35.4 Å². The number of rotatable bonds is 9. The lowest BCUT2D eigenvalue weighted by molar-refractivity contribution is -0.123. The maximum absolute atomic E-state index is 13.9. The van der Waals surface area contributed by atoms with Crippen LogP contribution < -0.4 is 19.7 Å². The van der Waals surface area contributed by atoms with Crippen LogP contribution in [0.2, 0.25) is 5.02 Å². The van der Waals surface area contributed by atoms with E-state index in [9.17, 15) is 9.59 Å². The molecule has 0 radical (unpaired) electrons. The molecule has 42 heavy (non-hydrogen) atoms. The van der Waals surface area contributed by atoms with Gasteiger partial charge in [-0.15, -0.1) is 11.8 Å². The Morgan fingerprint density at radius 3 is 2.52 bits per heavy atom. The number of benzene rings is 3. The predicted molar refractivity (Wildman–Crippen MR) is 168 cm³/mol. The molecule has 0 saturated carbocycles. The predicted octanol–water partition coefficient (Wildman–Crippen LogP) is 6.29. The number of anilines is 1. The Labute approximate surface area is 255 Å². The van der Waals surface area contributed by atoms with Gasteiger partial charge in [0.15, 0.2) is 0 Å². The zero-order chi connectivity index (χ0) is 29.8. The fourth-order valence-corrected chi connectivity index (χ4v) is 6.40. The molecule has 2 atom stereocenters. The van der Waals surface area contributed by atoms with Gasteiger partial charge >= 0.3 is 0 Å². The minimum absolute atomic E-state index is 0.0319. The van der Waals surface area contributed by atoms with Crippen LogP contribution >= 0.6 is 23.4 Å². The molecule has 1 N–H and O–H groups in total. The van der Waals surface area contributed by atoms with Crippen molar-refractivity contribution in [1.82, 2.24) is 15.1 Å². The third-order valence-electron chi connectivity index (χ3n) is 7.26. The highest BCUT2D eigenvalue weighted by molar-refractivity contribution is 8.00. The molecule has 2 heterocycles. The third-order valence-corrected chi connectivity index (χ3v) is 8.81. The molecule has 2 amide bonds. The van der Waals surface area contributed by atoms with Gasteiger partial charge in [0.25, 0.3) is 0 Å². The van der Waals surface area contributed by atoms with E-state index in [0.717, 1.165) is 23.1 Å². The molecule has 0 aliphatic carbocycles. The van der Waals surface area contributed by atoms with Crippen LogP contribution in [-0.2, 0) is 9.59 Å². The van der Waals surface area contributed by atoms with E-state index in [4.69, 9.17) is 26.2 Å². The molecule has 4 aromatic rings. The number of nitrogens with one attached hydrogen (secondary N) is 1. The van der Waals surface area contributed by atoms with Gasteiger partial charge in [0, 0.05) is 22.7 Å². The van der Waals surface area contributed by atoms with Crippen molar-refractivity contribution in [3.05, 3.63) is 88.9 Å². The summed E-state index contributed by atoms with van der Waals surface area (Å²) in [7, 11) is 3.23. The number of para-hydroxylation sites is 1. The lowest BCUT2D eigenvalue weighted by Gasteiger charge is -2.24. The molecule has 218 valence electrons. The van der Waals surface area contributed by atoms with Crippen molar-refractivity contribution in [3.8, 4) is 28.4 Å². The fourth-order valence-electron chi connectivity index (χ4n) is 4.98. The second kappa shape index (κ2) is 12.9. The highest BCUT2D eigenvalue weighted by Gasteiger charge is 2.39. The van der Waals surface area contributed by atoms with Crippen LogP contribution in [-0.4, -0.2) is 54.2 Å². The summed E-state index contributed by atoms with van der Waals surface area (Å²) in [4.78, 5) is 28.7. The first-order valence-corrected chi connectivity index (χ1v) is 15.1. The molecule has 0 unspecified atom stereocenters. The smallest absolute Gasteiger partial charge is 0.240 e. The number of hydrogen-bond acceptors (Lipinski definition) is 6. The summed E-state index contributed by atoms with van der Waals surface area (Å²) < 4.78 is 13.1. The van der Waals surface area contributed by atoms with Gasteiger partial charge in [0.2, 0.25) is 11.8 Å². The highest BCUT2D eigenvalue weighted by Crippen LogP contribution is 2.51. The quantitative estimate of drug-likeness (QED) is 0.242. The first kappa shape index (κ1) is 29.5. The Morgan fingerprint density at radius 2 is 1.83 bits per heavy atom. The van der Waals surface area contributed by atoms with Gasteiger partial charge in [-0.25, -0.2) is 4.68 Å². The number of carbonyl (C=O) groups is 2. The number of carbonyl (C=O) groups excluding carboxylic acids is 2. The van der Waals surface area contributed by atoms with Crippen LogP contribution in [0.15, 0.2) is 72.8 Å². The summed E-state index contributed by atoms with van der Waals surface area (Å²) >= 11 is 8.19. The van der Waals surface area contributed by atoms with E-state index in [1.165, 1.54) is 16.7 Å². The summed E-state index contributed by atoms with van der Waals surface area (Å²) in [5.74, 6) is 1.47. The maximum atomic E-state index is 13.9. The van der Waals surface area contributed by atoms with Crippen molar-refractivity contribution in [2.45, 2.75) is 31.6 Å². The Kier molecular flexibility index (Phi) is 9.09. The molecule has 1 aliphatic rings. The summed E-state index contributed by atoms with van der Waals surface area (Å²) in [5.41, 5.74) is 3.75. The van der Waals surface area contributed by atoms with Gasteiger partial charge in [0.1, 0.15) is 23.9 Å². The van der Waals surface area contributed by atoms with Gasteiger partial charge in [-0.1, -0.05) is 61.0 Å². The summed E-state index contributed by atoms with van der Waals surface area (Å²) in [6.45, 7) is 3.78. The lowest BCUT2D eigenvalue weighted by atomic mass is 9.98. The average Bonchev–Trinajstić information content (AvgIpc) is 3.33. The topological polar surface area (TPSA) is 85.7 Å². The van der Waals surface area contributed by atoms with E-state index in [1.807, 2.05) is 80.6 Å². The van der Waals surface area contributed by atoms with Crippen LogP contribution in [0.4, 0.5) is 5.82 Å². The third kappa shape index (κ3) is 5.84. The molecule has 10 heteroatoms. The SMILES string of the molecule is CC[C@H](C)NC(=O)CN1C(=O)CS[C@H](c2cc(OC)ccc2OC)c2c(-c3ccccc3)nn(-c3ccccc3Cl)c21. The molecule has 0 saturated heterocycles. The van der Waals surface area contributed by atoms with Gasteiger partial charge in [-0.2, -0.15) is 5.10 Å². The number of amides is 2. The lowest BCUT2D eigenvalue weighted by Crippen LogP contribution is -2.44. The van der Waals surface area contributed by atoms with Crippen molar-refractivity contribution < 1.29 is 19.1 Å². The van der Waals surface area contributed by atoms with Gasteiger partial charge in [-0.05, 0) is 43.7 Å².